The summed E-state index contributed by atoms with van der Waals surface area (Å²) in [6, 6.07) is 3.64. The molecular formula is C15H20N4O4S. The lowest BCUT2D eigenvalue weighted by Gasteiger charge is -2.31. The molecule has 1 atom stereocenters. The van der Waals surface area contributed by atoms with E-state index in [4.69, 9.17) is 0 Å². The van der Waals surface area contributed by atoms with Crippen LogP contribution in [0, 0.1) is 0 Å². The number of sulfonamides is 1. The maximum absolute atomic E-state index is 12.9. The molecule has 1 saturated heterocycles. The summed E-state index contributed by atoms with van der Waals surface area (Å²) in [5.74, 6) is -1.10. The van der Waals surface area contributed by atoms with Crippen LogP contribution in [0.4, 0.5) is 0 Å². The number of nitrogens with zero attached hydrogens (tertiary/aromatic N) is 4. The lowest BCUT2D eigenvalue weighted by atomic mass is 10.1. The predicted molar refractivity (Wildman–Crippen MR) is 87.0 cm³/mol. The molecule has 2 heterocycles. The fraction of sp³-hybridized carbons (Fsp3) is 0.533. The van der Waals surface area contributed by atoms with Crippen LogP contribution < -0.4 is 0 Å². The molecule has 0 bridgehead atoms. The van der Waals surface area contributed by atoms with Crippen LogP contribution in [0.15, 0.2) is 23.1 Å². The smallest absolute Gasteiger partial charge is 0.322 e. The van der Waals surface area contributed by atoms with Crippen molar-refractivity contribution in [2.24, 2.45) is 0 Å². The maximum Gasteiger partial charge on any atom is 0.322 e. The molecular weight excluding hydrogens is 332 g/mol. The second-order valence-corrected chi connectivity index (χ2v) is 7.82. The summed E-state index contributed by atoms with van der Waals surface area (Å²) in [7, 11) is -3.88. The van der Waals surface area contributed by atoms with Gasteiger partial charge in [-0.3, -0.25) is 4.79 Å². The number of carboxylic acids is 1. The average Bonchev–Trinajstić information content (AvgIpc) is 2.97. The number of aryl methyl sites for hydroxylation is 1. The summed E-state index contributed by atoms with van der Waals surface area (Å²) in [4.78, 5) is 11.5. The van der Waals surface area contributed by atoms with Crippen LogP contribution in [0.2, 0.25) is 0 Å². The van der Waals surface area contributed by atoms with Crippen LogP contribution in [-0.4, -0.2) is 51.4 Å². The van der Waals surface area contributed by atoms with E-state index in [2.05, 4.69) is 10.3 Å². The lowest BCUT2D eigenvalue weighted by Crippen LogP contribution is -2.47. The van der Waals surface area contributed by atoms with Crippen LogP contribution >= 0.6 is 0 Å². The molecule has 1 aromatic carbocycles. The van der Waals surface area contributed by atoms with E-state index >= 15 is 0 Å². The number of benzene rings is 1. The van der Waals surface area contributed by atoms with Crippen molar-refractivity contribution in [3.63, 3.8) is 0 Å². The largest absolute Gasteiger partial charge is 0.480 e. The zero-order valence-electron chi connectivity index (χ0n) is 13.4. The van der Waals surface area contributed by atoms with E-state index in [-0.39, 0.29) is 11.4 Å². The fourth-order valence-electron chi connectivity index (χ4n) is 3.06. The van der Waals surface area contributed by atoms with Gasteiger partial charge in [-0.25, -0.2) is 13.1 Å². The molecule has 1 aliphatic heterocycles. The number of carboxylic acid groups (broad SMARTS) is 1. The van der Waals surface area contributed by atoms with E-state index in [1.807, 2.05) is 6.92 Å². The van der Waals surface area contributed by atoms with E-state index in [9.17, 15) is 18.3 Å². The maximum atomic E-state index is 12.9. The highest BCUT2D eigenvalue weighted by atomic mass is 32.2. The molecule has 3 rings (SSSR count). The molecule has 0 amide bonds. The molecule has 1 N–H and O–H groups in total. The van der Waals surface area contributed by atoms with Gasteiger partial charge in [-0.05, 0) is 43.9 Å². The first-order valence-electron chi connectivity index (χ1n) is 8.03. The van der Waals surface area contributed by atoms with Gasteiger partial charge in [0.1, 0.15) is 11.6 Å². The van der Waals surface area contributed by atoms with Crippen LogP contribution in [0.25, 0.3) is 11.0 Å². The highest BCUT2D eigenvalue weighted by Crippen LogP contribution is 2.27. The first kappa shape index (κ1) is 16.8. The number of carbonyl (C=O) groups is 1. The molecule has 1 fully saturated rings. The highest BCUT2D eigenvalue weighted by molar-refractivity contribution is 7.89. The standard InChI is InChI=1S/C15H20N4O4S/c1-2-8-18-13-7-6-11(10-12(13)16-17-18)24(22,23)19-9-4-3-5-14(19)15(20)21/h6-7,10,14H,2-5,8-9H2,1H3,(H,20,21). The van der Waals surface area contributed by atoms with Crippen molar-refractivity contribution in [2.75, 3.05) is 6.54 Å². The van der Waals surface area contributed by atoms with Gasteiger partial charge < -0.3 is 5.11 Å². The molecule has 1 aliphatic rings. The number of piperidine rings is 1. The number of hydrogen-bond donors (Lipinski definition) is 1. The molecule has 130 valence electrons. The number of fused-ring (bicyclic) bond motifs is 1. The molecule has 0 aliphatic carbocycles. The monoisotopic (exact) mass is 352 g/mol. The molecule has 8 nitrogen and oxygen atoms in total. The van der Waals surface area contributed by atoms with Gasteiger partial charge >= 0.3 is 5.97 Å². The summed E-state index contributed by atoms with van der Waals surface area (Å²) in [5.41, 5.74) is 1.26. The van der Waals surface area contributed by atoms with Crippen molar-refractivity contribution in [1.29, 1.82) is 0 Å². The van der Waals surface area contributed by atoms with Crippen molar-refractivity contribution in [3.8, 4) is 0 Å². The number of rotatable bonds is 5. The topological polar surface area (TPSA) is 105 Å². The van der Waals surface area contributed by atoms with Crippen molar-refractivity contribution in [1.82, 2.24) is 19.3 Å². The SMILES string of the molecule is CCCn1nnc2cc(S(=O)(=O)N3CCCCC3C(=O)O)ccc21. The Labute approximate surface area is 140 Å². The second kappa shape index (κ2) is 6.48. The molecule has 24 heavy (non-hydrogen) atoms. The quantitative estimate of drug-likeness (QED) is 0.873. The number of aromatic nitrogens is 3. The summed E-state index contributed by atoms with van der Waals surface area (Å²) in [6.45, 7) is 2.95. The predicted octanol–water partition coefficient (Wildman–Crippen LogP) is 1.47. The summed E-state index contributed by atoms with van der Waals surface area (Å²) >= 11 is 0. The van der Waals surface area contributed by atoms with Crippen molar-refractivity contribution in [2.45, 2.75) is 50.1 Å². The van der Waals surface area contributed by atoms with Gasteiger partial charge in [0.25, 0.3) is 0 Å². The third-order valence-electron chi connectivity index (χ3n) is 4.27. The zero-order valence-corrected chi connectivity index (χ0v) is 14.2. The minimum Gasteiger partial charge on any atom is -0.480 e. The van der Waals surface area contributed by atoms with Crippen molar-refractivity contribution < 1.29 is 18.3 Å². The van der Waals surface area contributed by atoms with Crippen LogP contribution in [0.5, 0.6) is 0 Å². The van der Waals surface area contributed by atoms with Crippen molar-refractivity contribution in [3.05, 3.63) is 18.2 Å². The van der Waals surface area contributed by atoms with E-state index in [0.29, 0.717) is 31.3 Å². The molecule has 2 aromatic rings. The molecule has 9 heteroatoms. The second-order valence-electron chi connectivity index (χ2n) is 5.93. The van der Waals surface area contributed by atoms with E-state index in [1.54, 1.807) is 10.7 Å². The fourth-order valence-corrected chi connectivity index (χ4v) is 4.74. The third kappa shape index (κ3) is 2.89. The van der Waals surface area contributed by atoms with Gasteiger partial charge in [0, 0.05) is 13.1 Å². The molecule has 1 aromatic heterocycles. The van der Waals surface area contributed by atoms with Gasteiger partial charge in [-0.1, -0.05) is 12.1 Å². The lowest BCUT2D eigenvalue weighted by molar-refractivity contribution is -0.142. The zero-order chi connectivity index (χ0) is 17.3. The van der Waals surface area contributed by atoms with Crippen LogP contribution in [0.1, 0.15) is 32.6 Å². The number of aliphatic carboxylic acids is 1. The first-order chi connectivity index (χ1) is 11.4. The Morgan fingerprint density at radius 1 is 1.38 bits per heavy atom. The van der Waals surface area contributed by atoms with Crippen molar-refractivity contribution >= 4 is 27.0 Å². The van der Waals surface area contributed by atoms with Gasteiger partial charge in [0.2, 0.25) is 10.0 Å². The Balaban J connectivity index is 2.00. The Morgan fingerprint density at radius 2 is 2.17 bits per heavy atom. The Kier molecular flexibility index (Phi) is 4.55. The van der Waals surface area contributed by atoms with Gasteiger partial charge in [0.15, 0.2) is 0 Å². The van der Waals surface area contributed by atoms with E-state index in [1.165, 1.54) is 12.1 Å². The minimum atomic E-state index is -3.88. The summed E-state index contributed by atoms with van der Waals surface area (Å²) in [6.07, 6.45) is 2.61. The molecule has 0 radical (unpaired) electrons. The Morgan fingerprint density at radius 3 is 2.88 bits per heavy atom. The Bertz CT molecular complexity index is 861. The summed E-state index contributed by atoms with van der Waals surface area (Å²) in [5, 5.41) is 17.4. The number of hydrogen-bond acceptors (Lipinski definition) is 5. The van der Waals surface area contributed by atoms with Gasteiger partial charge in [-0.15, -0.1) is 5.10 Å². The highest BCUT2D eigenvalue weighted by Gasteiger charge is 2.37. The minimum absolute atomic E-state index is 0.0618. The molecule has 1 unspecified atom stereocenters. The van der Waals surface area contributed by atoms with Gasteiger partial charge in [-0.2, -0.15) is 4.31 Å². The van der Waals surface area contributed by atoms with E-state index < -0.39 is 22.0 Å². The Hall–Kier alpha value is -2.00. The first-order valence-corrected chi connectivity index (χ1v) is 9.47. The van der Waals surface area contributed by atoms with Crippen LogP contribution in [-0.2, 0) is 21.4 Å². The summed E-state index contributed by atoms with van der Waals surface area (Å²) < 4.78 is 28.6. The van der Waals surface area contributed by atoms with Crippen LogP contribution in [0.3, 0.4) is 0 Å². The molecule has 0 spiro atoms. The third-order valence-corrected chi connectivity index (χ3v) is 6.17. The van der Waals surface area contributed by atoms with Gasteiger partial charge in [0.05, 0.1) is 10.4 Å². The van der Waals surface area contributed by atoms with E-state index in [0.717, 1.165) is 16.2 Å². The molecule has 0 saturated carbocycles. The normalized spacial score (nSPS) is 19.6. The average molecular weight is 352 g/mol.